The van der Waals surface area contributed by atoms with Gasteiger partial charge >= 0.3 is 5.69 Å². The minimum Gasteiger partial charge on any atom is -0.492 e. The summed E-state index contributed by atoms with van der Waals surface area (Å²) in [5.74, 6) is 0.683. The minimum absolute atomic E-state index is 0.0109. The lowest BCUT2D eigenvalue weighted by atomic mass is 9.97. The van der Waals surface area contributed by atoms with Crippen molar-refractivity contribution in [1.82, 2.24) is 9.13 Å². The zero-order chi connectivity index (χ0) is 19.1. The Morgan fingerprint density at radius 2 is 1.69 bits per heavy atom. The number of hydrogen-bond acceptors (Lipinski definition) is 2. The summed E-state index contributed by atoms with van der Waals surface area (Å²) in [6, 6.07) is 11.9. The molecule has 26 heavy (non-hydrogen) atoms. The largest absolute Gasteiger partial charge is 0.492 e. The Morgan fingerprint density at radius 3 is 2.31 bits per heavy atom. The summed E-state index contributed by atoms with van der Waals surface area (Å²) in [7, 11) is 1.82. The van der Waals surface area contributed by atoms with Crippen LogP contribution in [0.15, 0.2) is 41.2 Å². The van der Waals surface area contributed by atoms with Gasteiger partial charge in [-0.1, -0.05) is 44.5 Å². The van der Waals surface area contributed by atoms with Crippen LogP contribution >= 0.6 is 11.6 Å². The summed E-state index contributed by atoms with van der Waals surface area (Å²) in [5, 5.41) is 0.587. The predicted octanol–water partition coefficient (Wildman–Crippen LogP) is 5.11. The maximum Gasteiger partial charge on any atom is 0.328 e. The van der Waals surface area contributed by atoms with Crippen LogP contribution in [0.1, 0.15) is 27.7 Å². The summed E-state index contributed by atoms with van der Waals surface area (Å²) < 4.78 is 9.06. The number of hydrogen-bond donors (Lipinski definition) is 0. The van der Waals surface area contributed by atoms with E-state index in [9.17, 15) is 4.79 Å². The monoisotopic (exact) mass is 372 g/mol. The smallest absolute Gasteiger partial charge is 0.328 e. The molecule has 0 aliphatic rings. The number of aryl methyl sites for hydroxylation is 1. The Balaban J connectivity index is 2.09. The molecule has 1 heterocycles. The summed E-state index contributed by atoms with van der Waals surface area (Å²) in [5.41, 5.74) is 3.92. The van der Waals surface area contributed by atoms with Crippen molar-refractivity contribution in [3.63, 3.8) is 0 Å². The highest BCUT2D eigenvalue weighted by molar-refractivity contribution is 6.32. The van der Waals surface area contributed by atoms with E-state index < -0.39 is 0 Å². The van der Waals surface area contributed by atoms with Crippen molar-refractivity contribution in [1.29, 1.82) is 0 Å². The molecule has 5 heteroatoms. The van der Waals surface area contributed by atoms with Gasteiger partial charge in [-0.15, -0.1) is 0 Å². The van der Waals surface area contributed by atoms with Crippen molar-refractivity contribution in [2.24, 2.45) is 12.5 Å². The summed E-state index contributed by atoms with van der Waals surface area (Å²) >= 11 is 6.33. The van der Waals surface area contributed by atoms with E-state index in [1.807, 2.05) is 54.9 Å². The minimum atomic E-state index is 0.0109. The second-order valence-corrected chi connectivity index (χ2v) is 8.18. The van der Waals surface area contributed by atoms with Crippen LogP contribution in [0, 0.1) is 5.41 Å². The fourth-order valence-electron chi connectivity index (χ4n) is 3.17. The molecule has 0 spiro atoms. The summed E-state index contributed by atoms with van der Waals surface area (Å²) in [6.45, 7) is 9.59. The van der Waals surface area contributed by atoms with Gasteiger partial charge in [0.1, 0.15) is 5.75 Å². The van der Waals surface area contributed by atoms with E-state index in [0.717, 1.165) is 22.2 Å². The third-order valence-corrected chi connectivity index (χ3v) is 4.64. The van der Waals surface area contributed by atoms with E-state index >= 15 is 0 Å². The maximum absolute atomic E-state index is 12.7. The number of rotatable bonds is 4. The van der Waals surface area contributed by atoms with Crippen LogP contribution in [0.2, 0.25) is 5.02 Å². The number of halogens is 1. The van der Waals surface area contributed by atoms with E-state index in [-0.39, 0.29) is 11.1 Å². The standard InChI is InChI=1S/C21H25ClN2O2/c1-6-26-19-10-8-14(11-16(19)22)15-7-9-17-18(12-15)23(5)20(25)24(17)13-21(2,3)4/h7-12H,6,13H2,1-5H3. The Hall–Kier alpha value is -2.20. The molecule has 0 fully saturated rings. The first kappa shape index (κ1) is 18.6. The van der Waals surface area contributed by atoms with E-state index in [2.05, 4.69) is 20.8 Å². The topological polar surface area (TPSA) is 36.2 Å². The molecule has 0 saturated carbocycles. The summed E-state index contributed by atoms with van der Waals surface area (Å²) in [4.78, 5) is 12.7. The zero-order valence-electron chi connectivity index (χ0n) is 16.0. The molecule has 3 rings (SSSR count). The SMILES string of the molecule is CCOc1ccc(-c2ccc3c(c2)n(C)c(=O)n3CC(C)(C)C)cc1Cl. The predicted molar refractivity (Wildman–Crippen MR) is 108 cm³/mol. The second-order valence-electron chi connectivity index (χ2n) is 7.77. The van der Waals surface area contributed by atoms with Crippen molar-refractivity contribution in [3.05, 3.63) is 51.9 Å². The molecule has 3 aromatic rings. The first-order valence-corrected chi connectivity index (χ1v) is 9.21. The zero-order valence-corrected chi connectivity index (χ0v) is 16.7. The molecule has 1 aromatic heterocycles. The molecule has 0 amide bonds. The van der Waals surface area contributed by atoms with Crippen molar-refractivity contribution in [3.8, 4) is 16.9 Å². The number of nitrogens with zero attached hydrogens (tertiary/aromatic N) is 2. The lowest BCUT2D eigenvalue weighted by Gasteiger charge is -2.18. The van der Waals surface area contributed by atoms with Crippen LogP contribution in [0.5, 0.6) is 5.75 Å². The molecule has 0 N–H and O–H groups in total. The molecule has 0 radical (unpaired) electrons. The average Bonchev–Trinajstić information content (AvgIpc) is 2.80. The molecule has 0 unspecified atom stereocenters. The normalized spacial score (nSPS) is 11.9. The van der Waals surface area contributed by atoms with Gasteiger partial charge in [0, 0.05) is 13.6 Å². The number of imidazole rings is 1. The van der Waals surface area contributed by atoms with Crippen LogP contribution in [-0.2, 0) is 13.6 Å². The van der Waals surface area contributed by atoms with Gasteiger partial charge in [-0.2, -0.15) is 0 Å². The lowest BCUT2D eigenvalue weighted by Crippen LogP contribution is -2.27. The second kappa shape index (κ2) is 6.84. The third kappa shape index (κ3) is 3.51. The van der Waals surface area contributed by atoms with Gasteiger partial charge in [-0.25, -0.2) is 4.79 Å². The van der Waals surface area contributed by atoms with Crippen LogP contribution in [0.4, 0.5) is 0 Å². The quantitative estimate of drug-likeness (QED) is 0.638. The number of fused-ring (bicyclic) bond motifs is 1. The van der Waals surface area contributed by atoms with Gasteiger partial charge in [-0.3, -0.25) is 9.13 Å². The van der Waals surface area contributed by atoms with Crippen molar-refractivity contribution >= 4 is 22.6 Å². The van der Waals surface area contributed by atoms with Gasteiger partial charge in [0.05, 0.1) is 22.7 Å². The van der Waals surface area contributed by atoms with E-state index in [0.29, 0.717) is 23.9 Å². The van der Waals surface area contributed by atoms with Crippen molar-refractivity contribution in [2.75, 3.05) is 6.61 Å². The number of aromatic nitrogens is 2. The van der Waals surface area contributed by atoms with Gasteiger partial charge in [-0.05, 0) is 47.7 Å². The van der Waals surface area contributed by atoms with Crippen LogP contribution in [0.3, 0.4) is 0 Å². The molecule has 0 bridgehead atoms. The van der Waals surface area contributed by atoms with Gasteiger partial charge < -0.3 is 4.74 Å². The average molecular weight is 373 g/mol. The Labute approximate surface area is 159 Å². The first-order chi connectivity index (χ1) is 12.2. The molecule has 0 atom stereocenters. The molecular weight excluding hydrogens is 348 g/mol. The highest BCUT2D eigenvalue weighted by atomic mass is 35.5. The highest BCUT2D eigenvalue weighted by Gasteiger charge is 2.18. The third-order valence-electron chi connectivity index (χ3n) is 4.34. The van der Waals surface area contributed by atoms with E-state index in [4.69, 9.17) is 16.3 Å². The lowest BCUT2D eigenvalue weighted by molar-refractivity contribution is 0.340. The highest BCUT2D eigenvalue weighted by Crippen LogP contribution is 2.32. The van der Waals surface area contributed by atoms with Crippen LogP contribution in [-0.4, -0.2) is 15.7 Å². The fourth-order valence-corrected chi connectivity index (χ4v) is 3.40. The van der Waals surface area contributed by atoms with Crippen molar-refractivity contribution in [2.45, 2.75) is 34.2 Å². The van der Waals surface area contributed by atoms with E-state index in [1.54, 1.807) is 4.57 Å². The van der Waals surface area contributed by atoms with Crippen LogP contribution < -0.4 is 10.4 Å². The van der Waals surface area contributed by atoms with Gasteiger partial charge in [0.15, 0.2) is 0 Å². The molecule has 0 aliphatic heterocycles. The number of ether oxygens (including phenoxy) is 1. The number of benzene rings is 2. The molecule has 2 aromatic carbocycles. The van der Waals surface area contributed by atoms with Gasteiger partial charge in [0.2, 0.25) is 0 Å². The van der Waals surface area contributed by atoms with E-state index in [1.165, 1.54) is 0 Å². The molecule has 4 nitrogen and oxygen atoms in total. The Morgan fingerprint density at radius 1 is 1.04 bits per heavy atom. The van der Waals surface area contributed by atoms with Gasteiger partial charge in [0.25, 0.3) is 0 Å². The Bertz CT molecular complexity index is 1010. The molecule has 0 aliphatic carbocycles. The molecular formula is C21H25ClN2O2. The molecule has 0 saturated heterocycles. The Kier molecular flexibility index (Phi) is 4.89. The maximum atomic E-state index is 12.7. The fraction of sp³-hybridized carbons (Fsp3) is 0.381. The first-order valence-electron chi connectivity index (χ1n) is 8.83. The molecule has 138 valence electrons. The summed E-state index contributed by atoms with van der Waals surface area (Å²) in [6.07, 6.45) is 0. The van der Waals surface area contributed by atoms with Crippen LogP contribution in [0.25, 0.3) is 22.2 Å². The van der Waals surface area contributed by atoms with Crippen molar-refractivity contribution < 1.29 is 4.74 Å².